The number of aliphatic hydroxyl groups excluding tert-OH is 5. The van der Waals surface area contributed by atoms with Crippen LogP contribution in [-0.4, -0.2) is 151 Å². The van der Waals surface area contributed by atoms with Crippen LogP contribution in [0.2, 0.25) is 0 Å². The molecule has 2 aliphatic heterocycles. The Morgan fingerprint density at radius 1 is 0.558 bits per heavy atom. The molecule has 414 valence electrons. The van der Waals surface area contributed by atoms with Crippen LogP contribution in [0.4, 0.5) is 5.82 Å². The van der Waals surface area contributed by atoms with Gasteiger partial charge in [0.1, 0.15) is 60.7 Å². The number of nitrogen functional groups attached to an aromatic ring is 1. The van der Waals surface area contributed by atoms with Crippen LogP contribution in [0.3, 0.4) is 0 Å². The Balaban J connectivity index is 0.816. The lowest BCUT2D eigenvalue weighted by atomic mass is 9.83. The largest absolute Gasteiger partial charge is 0.389 e. The molecule has 0 bridgehead atoms. The fraction of sp³-hybridized carbons (Fsp3) is 0.500. The highest BCUT2D eigenvalue weighted by atomic mass is 16.7. The van der Waals surface area contributed by atoms with Crippen LogP contribution in [0.5, 0.6) is 0 Å². The molecule has 19 heteroatoms. The number of nitrogens with zero attached hydrogens (tertiary/aromatic N) is 4. The molecule has 77 heavy (non-hydrogen) atoms. The van der Waals surface area contributed by atoms with Crippen molar-refractivity contribution in [2.45, 2.75) is 157 Å². The van der Waals surface area contributed by atoms with Crippen molar-refractivity contribution in [3.05, 3.63) is 156 Å². The predicted octanol–water partition coefficient (Wildman–Crippen LogP) is 3.63. The van der Waals surface area contributed by atoms with Crippen LogP contribution in [0.25, 0.3) is 11.2 Å². The zero-order valence-corrected chi connectivity index (χ0v) is 43.5. The molecule has 19 nitrogen and oxygen atoms in total. The molecule has 0 unspecified atom stereocenters. The average molecular weight is 1060 g/mol. The first-order chi connectivity index (χ1) is 37.7. The van der Waals surface area contributed by atoms with E-state index in [9.17, 15) is 25.5 Å². The van der Waals surface area contributed by atoms with Gasteiger partial charge in [0.2, 0.25) is 0 Å². The van der Waals surface area contributed by atoms with Crippen molar-refractivity contribution < 1.29 is 49.2 Å². The number of ether oxygens (including phenoxy) is 5. The number of anilines is 1. The molecular weight excluding hydrogens is 983 g/mol. The standard InChI is InChI=1S/C58H77N9O10/c59-55-47-56(65-36-64-55)67(37-66-47)57-52(72)49(69)45(75-57)35-73-27-17-3-1-2-4-18-28-74-54-46(63-33-41-25-15-8-16-26-41)58(76-44(50(54)70)34-60-30-38-19-9-5-10-20-38)77-53-43(62-32-40-23-13-7-14-24-40)29-42(48(68)51(53)71)61-31-39-21-11-6-12-22-39/h5-16,19-26,36-37,42-46,48-54,57-58,60-63,68-72H,1-4,17-18,27-35H2,(H2,59,64,65)/t42-,43+,44+,45+,46+,48+,49+,50+,51-,52+,53-,54+,57+,58+/m0/s1. The minimum atomic E-state index is -1.29. The molecular formula is C58H77N9O10. The van der Waals surface area contributed by atoms with Gasteiger partial charge in [0, 0.05) is 58.0 Å². The van der Waals surface area contributed by atoms with E-state index in [1.807, 2.05) is 121 Å². The third kappa shape index (κ3) is 15.1. The van der Waals surface area contributed by atoms with Crippen LogP contribution < -0.4 is 27.0 Å². The Morgan fingerprint density at radius 2 is 1.13 bits per heavy atom. The van der Waals surface area contributed by atoms with Crippen LogP contribution in [0, 0.1) is 0 Å². The van der Waals surface area contributed by atoms with E-state index in [1.54, 1.807) is 4.57 Å². The highest BCUT2D eigenvalue weighted by Gasteiger charge is 2.51. The van der Waals surface area contributed by atoms with Gasteiger partial charge in [-0.25, -0.2) is 15.0 Å². The van der Waals surface area contributed by atoms with Crippen LogP contribution in [0.1, 0.15) is 73.4 Å². The molecule has 3 fully saturated rings. The number of nitrogens with two attached hydrogens (primary N) is 1. The van der Waals surface area contributed by atoms with E-state index in [0.29, 0.717) is 63.5 Å². The number of benzene rings is 4. The minimum Gasteiger partial charge on any atom is -0.389 e. The highest BCUT2D eigenvalue weighted by molar-refractivity contribution is 5.81. The number of rotatable bonds is 28. The Labute approximate surface area is 450 Å². The molecule has 14 atom stereocenters. The number of aliphatic hydroxyl groups is 5. The Hall–Kier alpha value is -5.33. The number of fused-ring (bicyclic) bond motifs is 1. The van der Waals surface area contributed by atoms with Gasteiger partial charge in [-0.05, 0) is 41.5 Å². The molecule has 0 amide bonds. The number of hydrogen-bond donors (Lipinski definition) is 10. The van der Waals surface area contributed by atoms with E-state index < -0.39 is 85.6 Å². The number of aromatic nitrogens is 4. The summed E-state index contributed by atoms with van der Waals surface area (Å²) in [7, 11) is 0. The fourth-order valence-corrected chi connectivity index (χ4v) is 10.6. The van der Waals surface area contributed by atoms with Gasteiger partial charge in [0.25, 0.3) is 0 Å². The van der Waals surface area contributed by atoms with Crippen molar-refractivity contribution >= 4 is 17.0 Å². The first-order valence-corrected chi connectivity index (χ1v) is 27.3. The molecule has 0 radical (unpaired) electrons. The van der Waals surface area contributed by atoms with Gasteiger partial charge in [-0.15, -0.1) is 0 Å². The summed E-state index contributed by atoms with van der Waals surface area (Å²) < 4.78 is 34.0. The average Bonchev–Trinajstić information content (AvgIpc) is 4.10. The summed E-state index contributed by atoms with van der Waals surface area (Å²) in [6.07, 6.45) is -2.27. The normalized spacial score (nSPS) is 28.5. The summed E-state index contributed by atoms with van der Waals surface area (Å²) in [6, 6.07) is 38.6. The molecule has 2 saturated heterocycles. The zero-order chi connectivity index (χ0) is 53.3. The highest BCUT2D eigenvalue weighted by Crippen LogP contribution is 2.34. The number of unbranched alkanes of at least 4 members (excludes halogenated alkanes) is 5. The minimum absolute atomic E-state index is 0.118. The third-order valence-electron chi connectivity index (χ3n) is 15.0. The lowest BCUT2D eigenvalue weighted by Gasteiger charge is -2.49. The zero-order valence-electron chi connectivity index (χ0n) is 43.5. The monoisotopic (exact) mass is 1060 g/mol. The summed E-state index contributed by atoms with van der Waals surface area (Å²) in [5.41, 5.74) is 11.0. The molecule has 3 aliphatic rings. The van der Waals surface area contributed by atoms with Gasteiger partial charge in [0.05, 0.1) is 25.1 Å². The van der Waals surface area contributed by atoms with E-state index in [0.717, 1.165) is 60.8 Å². The molecule has 0 spiro atoms. The first-order valence-electron chi connectivity index (χ1n) is 27.3. The Bertz CT molecular complexity index is 2630. The molecule has 2 aromatic heterocycles. The van der Waals surface area contributed by atoms with E-state index in [-0.39, 0.29) is 12.4 Å². The van der Waals surface area contributed by atoms with Crippen LogP contribution in [0.15, 0.2) is 134 Å². The van der Waals surface area contributed by atoms with Crippen LogP contribution >= 0.6 is 0 Å². The van der Waals surface area contributed by atoms with Gasteiger partial charge in [0.15, 0.2) is 24.0 Å². The van der Waals surface area contributed by atoms with E-state index in [2.05, 4.69) is 36.2 Å². The predicted molar refractivity (Wildman–Crippen MR) is 289 cm³/mol. The fourth-order valence-electron chi connectivity index (χ4n) is 10.6. The van der Waals surface area contributed by atoms with Gasteiger partial charge >= 0.3 is 0 Å². The van der Waals surface area contributed by atoms with Gasteiger partial charge in [-0.1, -0.05) is 147 Å². The summed E-state index contributed by atoms with van der Waals surface area (Å²) in [5.74, 6) is 0.214. The maximum absolute atomic E-state index is 12.3. The summed E-state index contributed by atoms with van der Waals surface area (Å²) in [6.45, 7) is 3.31. The topological polar surface area (TPSA) is 265 Å². The molecule has 1 aliphatic carbocycles. The maximum Gasteiger partial charge on any atom is 0.176 e. The molecule has 4 aromatic carbocycles. The van der Waals surface area contributed by atoms with E-state index in [1.165, 1.54) is 12.7 Å². The quantitative estimate of drug-likeness (QED) is 0.0315. The van der Waals surface area contributed by atoms with Gasteiger partial charge in [-0.3, -0.25) is 4.57 Å². The third-order valence-corrected chi connectivity index (χ3v) is 15.0. The number of imidazole rings is 1. The van der Waals surface area contributed by atoms with Crippen molar-refractivity contribution in [1.29, 1.82) is 0 Å². The van der Waals surface area contributed by atoms with Crippen molar-refractivity contribution in [3.8, 4) is 0 Å². The lowest BCUT2D eigenvalue weighted by Crippen LogP contribution is -2.69. The van der Waals surface area contributed by atoms with E-state index in [4.69, 9.17) is 29.4 Å². The summed E-state index contributed by atoms with van der Waals surface area (Å²) >= 11 is 0. The first kappa shape index (κ1) is 56.4. The second-order valence-corrected chi connectivity index (χ2v) is 20.5. The van der Waals surface area contributed by atoms with Gasteiger partial charge in [-0.2, -0.15) is 0 Å². The molecule has 9 rings (SSSR count). The molecule has 11 N–H and O–H groups in total. The maximum atomic E-state index is 12.3. The SMILES string of the molecule is Nc1ncnc2c1ncn2[C@@H]1O[C@H](COCCCCCCCCO[C@H]2[C@H](O)[C@@H](CNCc3ccccc3)O[C@H](O[C@@H]3[C@@H](O)[C@H](O)[C@@H](NCc4ccccc4)C[C@H]3NCc3ccccc3)[C@@H]2NCc2ccccc2)[C@@H](O)[C@H]1O. The van der Waals surface area contributed by atoms with E-state index >= 15 is 0 Å². The Morgan fingerprint density at radius 3 is 1.77 bits per heavy atom. The smallest absolute Gasteiger partial charge is 0.176 e. The summed E-state index contributed by atoms with van der Waals surface area (Å²) in [5, 5.41) is 72.1. The summed E-state index contributed by atoms with van der Waals surface area (Å²) in [4.78, 5) is 12.4. The van der Waals surface area contributed by atoms with Crippen molar-refractivity contribution in [2.75, 3.05) is 32.1 Å². The lowest BCUT2D eigenvalue weighted by molar-refractivity contribution is -0.300. The number of hydrogen-bond acceptors (Lipinski definition) is 18. The Kier molecular flexibility index (Phi) is 20.9. The van der Waals surface area contributed by atoms with Gasteiger partial charge < -0.3 is 76.2 Å². The number of nitrogens with one attached hydrogen (secondary N) is 4. The second kappa shape index (κ2) is 28.5. The molecule has 1 saturated carbocycles. The molecule has 6 aromatic rings. The molecule has 4 heterocycles. The van der Waals surface area contributed by atoms with Crippen molar-refractivity contribution in [1.82, 2.24) is 40.8 Å². The van der Waals surface area contributed by atoms with Crippen molar-refractivity contribution in [2.24, 2.45) is 0 Å². The second-order valence-electron chi connectivity index (χ2n) is 20.5. The van der Waals surface area contributed by atoms with Crippen molar-refractivity contribution in [3.63, 3.8) is 0 Å². The van der Waals surface area contributed by atoms with Crippen LogP contribution in [-0.2, 0) is 49.9 Å².